The quantitative estimate of drug-likeness (QED) is 0.838. The highest BCUT2D eigenvalue weighted by Gasteiger charge is 2.17. The van der Waals surface area contributed by atoms with Gasteiger partial charge in [-0.25, -0.2) is 15.0 Å². The molecule has 2 heterocycles. The van der Waals surface area contributed by atoms with Gasteiger partial charge < -0.3 is 10.2 Å². The molecule has 94 valence electrons. The molecule has 0 unspecified atom stereocenters. The third-order valence-electron chi connectivity index (χ3n) is 2.69. The molecule has 17 heavy (non-hydrogen) atoms. The Morgan fingerprint density at radius 1 is 1.35 bits per heavy atom. The maximum absolute atomic E-state index is 6.11. The first-order chi connectivity index (χ1) is 8.18. The zero-order valence-electron chi connectivity index (χ0n) is 10.1. The van der Waals surface area contributed by atoms with Gasteiger partial charge in [0, 0.05) is 18.7 Å². The standard InChI is InChI=1S/C11H17ClN4O/c1-8(2)9-10(12)13-7-14-11(9)15-16-3-5-17-6-4-16/h7-8H,3-6H2,1-2H3,(H,13,14,15). The molecular weight excluding hydrogens is 240 g/mol. The third kappa shape index (κ3) is 3.06. The summed E-state index contributed by atoms with van der Waals surface area (Å²) in [6.07, 6.45) is 1.48. The first-order valence-electron chi connectivity index (χ1n) is 5.78. The van der Waals surface area contributed by atoms with Crippen LogP contribution >= 0.6 is 11.6 Å². The number of rotatable bonds is 3. The van der Waals surface area contributed by atoms with Gasteiger partial charge in [-0.05, 0) is 5.92 Å². The van der Waals surface area contributed by atoms with Gasteiger partial charge in [-0.2, -0.15) is 0 Å². The van der Waals surface area contributed by atoms with Crippen LogP contribution in [0.1, 0.15) is 25.3 Å². The summed E-state index contributed by atoms with van der Waals surface area (Å²) in [6.45, 7) is 7.33. The Hall–Kier alpha value is -0.910. The molecule has 1 aromatic rings. The summed E-state index contributed by atoms with van der Waals surface area (Å²) in [5.74, 6) is 1.08. The van der Waals surface area contributed by atoms with E-state index in [4.69, 9.17) is 16.3 Å². The fraction of sp³-hybridized carbons (Fsp3) is 0.636. The van der Waals surface area contributed by atoms with Crippen LogP contribution in [0.2, 0.25) is 5.15 Å². The maximum Gasteiger partial charge on any atom is 0.148 e. The lowest BCUT2D eigenvalue weighted by Gasteiger charge is -2.28. The second-order valence-corrected chi connectivity index (χ2v) is 4.65. The van der Waals surface area contributed by atoms with Gasteiger partial charge in [-0.1, -0.05) is 25.4 Å². The predicted octanol–water partition coefficient (Wildman–Crippen LogP) is 1.91. The normalized spacial score (nSPS) is 17.4. The third-order valence-corrected chi connectivity index (χ3v) is 2.99. The van der Waals surface area contributed by atoms with E-state index in [2.05, 4.69) is 34.3 Å². The minimum Gasteiger partial charge on any atom is -0.379 e. The minimum atomic E-state index is 0.284. The fourth-order valence-corrected chi connectivity index (χ4v) is 2.15. The van der Waals surface area contributed by atoms with Crippen molar-refractivity contribution in [1.82, 2.24) is 15.0 Å². The molecule has 6 heteroatoms. The highest BCUT2D eigenvalue weighted by Crippen LogP contribution is 2.28. The topological polar surface area (TPSA) is 50.3 Å². The van der Waals surface area contributed by atoms with Gasteiger partial charge in [0.15, 0.2) is 0 Å². The first-order valence-corrected chi connectivity index (χ1v) is 6.16. The number of ether oxygens (including phenoxy) is 1. The Balaban J connectivity index is 2.16. The number of morpholine rings is 1. The molecule has 0 bridgehead atoms. The van der Waals surface area contributed by atoms with E-state index < -0.39 is 0 Å². The van der Waals surface area contributed by atoms with E-state index in [0.717, 1.165) is 37.7 Å². The molecule has 1 aliphatic heterocycles. The number of hydrogen-bond acceptors (Lipinski definition) is 5. The lowest BCUT2D eigenvalue weighted by molar-refractivity contribution is 0.0494. The molecule has 2 rings (SSSR count). The fourth-order valence-electron chi connectivity index (χ4n) is 1.80. The summed E-state index contributed by atoms with van der Waals surface area (Å²) in [5.41, 5.74) is 4.25. The summed E-state index contributed by atoms with van der Waals surface area (Å²) >= 11 is 6.11. The lowest BCUT2D eigenvalue weighted by atomic mass is 10.1. The predicted molar refractivity (Wildman–Crippen MR) is 67.1 cm³/mol. The lowest BCUT2D eigenvalue weighted by Crippen LogP contribution is -2.40. The molecule has 0 amide bonds. The molecular formula is C11H17ClN4O. The van der Waals surface area contributed by atoms with E-state index in [-0.39, 0.29) is 5.92 Å². The smallest absolute Gasteiger partial charge is 0.148 e. The van der Waals surface area contributed by atoms with Gasteiger partial charge in [0.25, 0.3) is 0 Å². The van der Waals surface area contributed by atoms with E-state index in [1.807, 2.05) is 0 Å². The molecule has 1 aromatic heterocycles. The molecule has 5 nitrogen and oxygen atoms in total. The van der Waals surface area contributed by atoms with Gasteiger partial charge in [0.1, 0.15) is 17.3 Å². The molecule has 1 saturated heterocycles. The van der Waals surface area contributed by atoms with Crippen molar-refractivity contribution in [2.24, 2.45) is 0 Å². The number of anilines is 1. The van der Waals surface area contributed by atoms with Gasteiger partial charge in [0.2, 0.25) is 0 Å². The Labute approximate surface area is 106 Å². The molecule has 0 spiro atoms. The SMILES string of the molecule is CC(C)c1c(Cl)ncnc1NN1CCOCC1. The Morgan fingerprint density at radius 3 is 2.71 bits per heavy atom. The van der Waals surface area contributed by atoms with E-state index in [1.165, 1.54) is 6.33 Å². The van der Waals surface area contributed by atoms with Crippen LogP contribution in [0.3, 0.4) is 0 Å². The first kappa shape index (κ1) is 12.5. The molecule has 0 radical (unpaired) electrons. The number of halogens is 1. The number of nitrogens with zero attached hydrogens (tertiary/aromatic N) is 3. The molecule has 0 atom stereocenters. The van der Waals surface area contributed by atoms with Crippen molar-refractivity contribution >= 4 is 17.4 Å². The number of aromatic nitrogens is 2. The maximum atomic E-state index is 6.11. The average molecular weight is 257 g/mol. The minimum absolute atomic E-state index is 0.284. The summed E-state index contributed by atoms with van der Waals surface area (Å²) < 4.78 is 5.30. The van der Waals surface area contributed by atoms with E-state index in [1.54, 1.807) is 0 Å². The second kappa shape index (κ2) is 5.62. The van der Waals surface area contributed by atoms with Crippen LogP contribution in [0, 0.1) is 0 Å². The molecule has 1 fully saturated rings. The zero-order chi connectivity index (χ0) is 12.3. The summed E-state index contributed by atoms with van der Waals surface area (Å²) in [4.78, 5) is 8.29. The van der Waals surface area contributed by atoms with Crippen molar-refractivity contribution in [2.75, 3.05) is 31.7 Å². The Bertz CT molecular complexity index is 380. The number of nitrogens with one attached hydrogen (secondary N) is 1. The van der Waals surface area contributed by atoms with Crippen molar-refractivity contribution in [2.45, 2.75) is 19.8 Å². The monoisotopic (exact) mass is 256 g/mol. The van der Waals surface area contributed by atoms with Crippen LogP contribution in [0.25, 0.3) is 0 Å². The van der Waals surface area contributed by atoms with Crippen LogP contribution in [0.5, 0.6) is 0 Å². The van der Waals surface area contributed by atoms with Crippen molar-refractivity contribution < 1.29 is 4.74 Å². The van der Waals surface area contributed by atoms with Crippen LogP contribution < -0.4 is 5.43 Å². The van der Waals surface area contributed by atoms with Crippen LogP contribution in [-0.2, 0) is 4.74 Å². The summed E-state index contributed by atoms with van der Waals surface area (Å²) in [5, 5.41) is 2.61. The summed E-state index contributed by atoms with van der Waals surface area (Å²) in [6, 6.07) is 0. The second-order valence-electron chi connectivity index (χ2n) is 4.29. The average Bonchev–Trinajstić information content (AvgIpc) is 2.30. The van der Waals surface area contributed by atoms with E-state index >= 15 is 0 Å². The van der Waals surface area contributed by atoms with E-state index in [0.29, 0.717) is 5.15 Å². The Kier molecular flexibility index (Phi) is 4.15. The van der Waals surface area contributed by atoms with Crippen LogP contribution in [0.15, 0.2) is 6.33 Å². The molecule has 0 aliphatic carbocycles. The highest BCUT2D eigenvalue weighted by atomic mass is 35.5. The van der Waals surface area contributed by atoms with Gasteiger partial charge >= 0.3 is 0 Å². The van der Waals surface area contributed by atoms with E-state index in [9.17, 15) is 0 Å². The largest absolute Gasteiger partial charge is 0.379 e. The van der Waals surface area contributed by atoms with Crippen molar-refractivity contribution in [1.29, 1.82) is 0 Å². The van der Waals surface area contributed by atoms with Crippen molar-refractivity contribution in [3.63, 3.8) is 0 Å². The van der Waals surface area contributed by atoms with Gasteiger partial charge in [-0.3, -0.25) is 0 Å². The molecule has 0 saturated carbocycles. The zero-order valence-corrected chi connectivity index (χ0v) is 10.9. The van der Waals surface area contributed by atoms with Crippen LogP contribution in [0.4, 0.5) is 5.82 Å². The molecule has 1 N–H and O–H groups in total. The highest BCUT2D eigenvalue weighted by molar-refractivity contribution is 6.30. The molecule has 1 aliphatic rings. The van der Waals surface area contributed by atoms with Gasteiger partial charge in [-0.15, -0.1) is 0 Å². The van der Waals surface area contributed by atoms with Crippen molar-refractivity contribution in [3.8, 4) is 0 Å². The van der Waals surface area contributed by atoms with Crippen LogP contribution in [-0.4, -0.2) is 41.3 Å². The molecule has 0 aromatic carbocycles. The Morgan fingerprint density at radius 2 is 2.06 bits per heavy atom. The van der Waals surface area contributed by atoms with Crippen molar-refractivity contribution in [3.05, 3.63) is 17.0 Å². The van der Waals surface area contributed by atoms with Gasteiger partial charge in [0.05, 0.1) is 13.2 Å². The summed E-state index contributed by atoms with van der Waals surface area (Å²) in [7, 11) is 0. The number of hydrogen-bond donors (Lipinski definition) is 1. The number of hydrazine groups is 1.